The third-order valence-electron chi connectivity index (χ3n) is 2.78. The number of rotatable bonds is 4. The number of aliphatic hydroxyl groups is 1. The van der Waals surface area contributed by atoms with Gasteiger partial charge in [-0.1, -0.05) is 23.7 Å². The zero-order valence-corrected chi connectivity index (χ0v) is 11.7. The lowest BCUT2D eigenvalue weighted by atomic mass is 10.1. The lowest BCUT2D eigenvalue weighted by Gasteiger charge is -2.14. The van der Waals surface area contributed by atoms with E-state index in [1.54, 1.807) is 0 Å². The molecule has 0 aliphatic rings. The molecule has 0 saturated heterocycles. The molecule has 0 saturated carbocycles. The third-order valence-corrected chi connectivity index (χ3v) is 3.09. The number of aliphatic hydroxyl groups excluding tert-OH is 1. The molecule has 0 spiro atoms. The molecule has 0 heterocycles. The number of nitro benzene ring substituents is 1. The van der Waals surface area contributed by atoms with Gasteiger partial charge in [0.2, 0.25) is 0 Å². The number of halogens is 2. The van der Waals surface area contributed by atoms with Crippen LogP contribution in [0.25, 0.3) is 0 Å². The first-order valence-electron chi connectivity index (χ1n) is 5.98. The van der Waals surface area contributed by atoms with Crippen molar-refractivity contribution in [1.29, 1.82) is 0 Å². The number of hydrogen-bond donors (Lipinski definition) is 1. The molecule has 1 atom stereocenters. The predicted molar refractivity (Wildman–Crippen MR) is 75.2 cm³/mol. The minimum atomic E-state index is -0.927. The Labute approximate surface area is 124 Å². The van der Waals surface area contributed by atoms with E-state index in [-0.39, 0.29) is 27.8 Å². The number of benzene rings is 2. The van der Waals surface area contributed by atoms with Crippen LogP contribution < -0.4 is 4.74 Å². The maximum absolute atomic E-state index is 13.8. The Morgan fingerprint density at radius 2 is 2.10 bits per heavy atom. The molecule has 0 aliphatic carbocycles. The predicted octanol–water partition coefficient (Wildman–Crippen LogP) is 4.23. The van der Waals surface area contributed by atoms with Crippen molar-refractivity contribution in [1.82, 2.24) is 0 Å². The quantitative estimate of drug-likeness (QED) is 0.677. The van der Waals surface area contributed by atoms with E-state index in [4.69, 9.17) is 16.3 Å². The molecule has 0 radical (unpaired) electrons. The molecule has 0 aliphatic heterocycles. The molecule has 2 rings (SSSR count). The maximum Gasteiger partial charge on any atom is 0.288 e. The second kappa shape index (κ2) is 6.07. The van der Waals surface area contributed by atoms with Crippen molar-refractivity contribution in [2.45, 2.75) is 13.0 Å². The van der Waals surface area contributed by atoms with E-state index >= 15 is 0 Å². The van der Waals surface area contributed by atoms with Gasteiger partial charge in [-0.15, -0.1) is 0 Å². The van der Waals surface area contributed by atoms with E-state index in [9.17, 15) is 19.6 Å². The second-order valence-electron chi connectivity index (χ2n) is 4.31. The van der Waals surface area contributed by atoms with E-state index in [2.05, 4.69) is 0 Å². The van der Waals surface area contributed by atoms with E-state index in [1.807, 2.05) is 0 Å². The van der Waals surface area contributed by atoms with Gasteiger partial charge in [-0.05, 0) is 19.1 Å². The molecule has 7 heteroatoms. The van der Waals surface area contributed by atoms with Crippen molar-refractivity contribution in [2.75, 3.05) is 0 Å². The minimum absolute atomic E-state index is 0.118. The Kier molecular flexibility index (Phi) is 4.40. The zero-order valence-electron chi connectivity index (χ0n) is 10.9. The Bertz CT molecular complexity index is 691. The summed E-state index contributed by atoms with van der Waals surface area (Å²) in [6.45, 7) is 1.48. The number of hydrogen-bond acceptors (Lipinski definition) is 4. The van der Waals surface area contributed by atoms with Crippen LogP contribution in [-0.4, -0.2) is 10.0 Å². The highest BCUT2D eigenvalue weighted by molar-refractivity contribution is 6.32. The molecule has 0 bridgehead atoms. The summed E-state index contributed by atoms with van der Waals surface area (Å²) in [6, 6.07) is 7.86. The molecule has 0 aromatic heterocycles. The smallest absolute Gasteiger partial charge is 0.288 e. The lowest BCUT2D eigenvalue weighted by Crippen LogP contribution is -1.99. The SMILES string of the molecule is CC(O)c1cccc(F)c1Oc1ccc([N+](=O)[O-])c(Cl)c1. The summed E-state index contributed by atoms with van der Waals surface area (Å²) in [7, 11) is 0. The molecule has 1 N–H and O–H groups in total. The van der Waals surface area contributed by atoms with E-state index in [0.717, 1.165) is 0 Å². The first kappa shape index (κ1) is 15.2. The molecule has 2 aromatic carbocycles. The molecular weight excluding hydrogens is 301 g/mol. The van der Waals surface area contributed by atoms with Gasteiger partial charge in [-0.25, -0.2) is 4.39 Å². The van der Waals surface area contributed by atoms with Gasteiger partial charge in [0.05, 0.1) is 11.0 Å². The fourth-order valence-corrected chi connectivity index (χ4v) is 2.02. The van der Waals surface area contributed by atoms with Gasteiger partial charge in [0, 0.05) is 17.7 Å². The molecule has 110 valence electrons. The molecule has 0 fully saturated rings. The highest BCUT2D eigenvalue weighted by Crippen LogP contribution is 2.35. The zero-order chi connectivity index (χ0) is 15.6. The van der Waals surface area contributed by atoms with Crippen LogP contribution in [0.15, 0.2) is 36.4 Å². The summed E-state index contributed by atoms with van der Waals surface area (Å²) in [5.74, 6) is -0.655. The average molecular weight is 312 g/mol. The molecule has 0 amide bonds. The van der Waals surface area contributed by atoms with Crippen LogP contribution in [-0.2, 0) is 0 Å². The number of para-hydroxylation sites is 1. The Morgan fingerprint density at radius 3 is 2.67 bits per heavy atom. The van der Waals surface area contributed by atoms with Crippen LogP contribution in [0, 0.1) is 15.9 Å². The number of ether oxygens (including phenoxy) is 1. The monoisotopic (exact) mass is 311 g/mol. The number of nitrogens with zero attached hydrogens (tertiary/aromatic N) is 1. The van der Waals surface area contributed by atoms with Crippen LogP contribution >= 0.6 is 11.6 Å². The van der Waals surface area contributed by atoms with Gasteiger partial charge in [0.25, 0.3) is 5.69 Å². The van der Waals surface area contributed by atoms with Crippen LogP contribution in [0.3, 0.4) is 0 Å². The van der Waals surface area contributed by atoms with Crippen molar-refractivity contribution < 1.29 is 19.2 Å². The van der Waals surface area contributed by atoms with Gasteiger partial charge in [0.1, 0.15) is 10.8 Å². The third kappa shape index (κ3) is 3.29. The van der Waals surface area contributed by atoms with Crippen molar-refractivity contribution in [3.63, 3.8) is 0 Å². The summed E-state index contributed by atoms with van der Waals surface area (Å²) in [6.07, 6.45) is -0.927. The fourth-order valence-electron chi connectivity index (χ4n) is 1.78. The van der Waals surface area contributed by atoms with E-state index in [0.29, 0.717) is 0 Å². The summed E-state index contributed by atoms with van der Waals surface area (Å²) in [5, 5.41) is 20.2. The highest BCUT2D eigenvalue weighted by Gasteiger charge is 2.17. The lowest BCUT2D eigenvalue weighted by molar-refractivity contribution is -0.384. The Hall–Kier alpha value is -2.18. The van der Waals surface area contributed by atoms with Crippen molar-refractivity contribution in [3.05, 3.63) is 62.9 Å². The topological polar surface area (TPSA) is 72.6 Å². The van der Waals surface area contributed by atoms with Crippen molar-refractivity contribution in [2.24, 2.45) is 0 Å². The average Bonchev–Trinajstić information content (AvgIpc) is 2.40. The van der Waals surface area contributed by atoms with Gasteiger partial charge < -0.3 is 9.84 Å². The van der Waals surface area contributed by atoms with Gasteiger partial charge >= 0.3 is 0 Å². The second-order valence-corrected chi connectivity index (χ2v) is 4.71. The van der Waals surface area contributed by atoms with Crippen molar-refractivity contribution in [3.8, 4) is 11.5 Å². The van der Waals surface area contributed by atoms with Gasteiger partial charge in [-0.3, -0.25) is 10.1 Å². The van der Waals surface area contributed by atoms with E-state index in [1.165, 1.54) is 43.3 Å². The first-order valence-corrected chi connectivity index (χ1v) is 6.36. The molecule has 5 nitrogen and oxygen atoms in total. The van der Waals surface area contributed by atoms with Crippen LogP contribution in [0.2, 0.25) is 5.02 Å². The first-order chi connectivity index (χ1) is 9.90. The van der Waals surface area contributed by atoms with Gasteiger partial charge in [-0.2, -0.15) is 0 Å². The summed E-state index contributed by atoms with van der Waals surface area (Å²) in [5.41, 5.74) is -0.00206. The molecular formula is C14H11ClFNO4. The Morgan fingerprint density at radius 1 is 1.38 bits per heavy atom. The summed E-state index contributed by atoms with van der Waals surface area (Å²) < 4.78 is 19.2. The largest absolute Gasteiger partial charge is 0.454 e. The van der Waals surface area contributed by atoms with Gasteiger partial charge in [0.15, 0.2) is 11.6 Å². The van der Waals surface area contributed by atoms with E-state index < -0.39 is 16.8 Å². The standard InChI is InChI=1S/C14H11ClFNO4/c1-8(18)10-3-2-4-12(16)14(10)21-9-5-6-13(17(19)20)11(15)7-9/h2-8,18H,1H3. The number of nitro groups is 1. The maximum atomic E-state index is 13.8. The normalized spacial score (nSPS) is 12.0. The van der Waals surface area contributed by atoms with Crippen molar-refractivity contribution >= 4 is 17.3 Å². The molecule has 1 unspecified atom stereocenters. The van der Waals surface area contributed by atoms with Crippen LogP contribution in [0.5, 0.6) is 11.5 Å². The Balaban J connectivity index is 2.39. The minimum Gasteiger partial charge on any atom is -0.454 e. The van der Waals surface area contributed by atoms with Crippen LogP contribution in [0.4, 0.5) is 10.1 Å². The fraction of sp³-hybridized carbons (Fsp3) is 0.143. The summed E-state index contributed by atoms with van der Waals surface area (Å²) in [4.78, 5) is 10.0. The summed E-state index contributed by atoms with van der Waals surface area (Å²) >= 11 is 5.77. The van der Waals surface area contributed by atoms with Crippen LogP contribution in [0.1, 0.15) is 18.6 Å². The molecule has 21 heavy (non-hydrogen) atoms. The molecule has 2 aromatic rings. The highest BCUT2D eigenvalue weighted by atomic mass is 35.5.